The Morgan fingerprint density at radius 3 is 2.73 bits per heavy atom. The van der Waals surface area contributed by atoms with E-state index in [0.717, 1.165) is 43.5 Å². The Kier molecular flexibility index (Phi) is 6.68. The minimum Gasteiger partial charge on any atom is -0.335 e. The van der Waals surface area contributed by atoms with Gasteiger partial charge in [0.1, 0.15) is 6.33 Å². The predicted octanol–water partition coefficient (Wildman–Crippen LogP) is 2.04. The van der Waals surface area contributed by atoms with Crippen LogP contribution in [0.3, 0.4) is 0 Å². The molecule has 26 heavy (non-hydrogen) atoms. The summed E-state index contributed by atoms with van der Waals surface area (Å²) >= 11 is 0. The van der Waals surface area contributed by atoms with Crippen LogP contribution in [0.25, 0.3) is 0 Å². The lowest BCUT2D eigenvalue weighted by molar-refractivity contribution is -0.135. The number of amides is 1. The quantitative estimate of drug-likeness (QED) is 0.830. The minimum atomic E-state index is -0.290. The van der Waals surface area contributed by atoms with Crippen molar-refractivity contribution in [2.75, 3.05) is 13.1 Å². The molecule has 6 heteroatoms. The number of rotatable bonds is 6. The number of nitrogens with zero attached hydrogens (tertiary/aromatic N) is 3. The largest absolute Gasteiger partial charge is 0.335 e. The topological polar surface area (TPSA) is 84.1 Å². The summed E-state index contributed by atoms with van der Waals surface area (Å²) in [5, 5.41) is 3.41. The first-order valence-electron chi connectivity index (χ1n) is 9.28. The SMILES string of the molecule is NC(CC(=O)N(Cc1cncnc1)C1CCCNCC1)c1ccccc1. The molecule has 1 aliphatic rings. The second-order valence-electron chi connectivity index (χ2n) is 6.82. The highest BCUT2D eigenvalue weighted by atomic mass is 16.2. The third kappa shape index (κ3) is 5.09. The van der Waals surface area contributed by atoms with Crippen LogP contribution in [0.5, 0.6) is 0 Å². The zero-order valence-electron chi connectivity index (χ0n) is 15.1. The third-order valence-electron chi connectivity index (χ3n) is 4.90. The second-order valence-corrected chi connectivity index (χ2v) is 6.82. The van der Waals surface area contributed by atoms with Crippen molar-refractivity contribution in [3.63, 3.8) is 0 Å². The Labute approximate surface area is 154 Å². The molecular formula is C20H27N5O. The number of nitrogens with one attached hydrogen (secondary N) is 1. The molecule has 3 rings (SSSR count). The zero-order valence-corrected chi connectivity index (χ0v) is 15.1. The van der Waals surface area contributed by atoms with Gasteiger partial charge in [0, 0.05) is 43.0 Å². The lowest BCUT2D eigenvalue weighted by Crippen LogP contribution is -2.41. The highest BCUT2D eigenvalue weighted by Crippen LogP contribution is 2.21. The van der Waals surface area contributed by atoms with Crippen LogP contribution in [0.4, 0.5) is 0 Å². The molecule has 2 unspecified atom stereocenters. The van der Waals surface area contributed by atoms with Gasteiger partial charge in [-0.15, -0.1) is 0 Å². The Morgan fingerprint density at radius 2 is 1.96 bits per heavy atom. The molecule has 2 atom stereocenters. The highest BCUT2D eigenvalue weighted by molar-refractivity contribution is 5.77. The number of hydrogen-bond acceptors (Lipinski definition) is 5. The average Bonchev–Trinajstić information content (AvgIpc) is 2.97. The van der Waals surface area contributed by atoms with E-state index in [9.17, 15) is 4.79 Å². The lowest BCUT2D eigenvalue weighted by Gasteiger charge is -2.32. The molecule has 3 N–H and O–H groups in total. The summed E-state index contributed by atoms with van der Waals surface area (Å²) in [4.78, 5) is 23.3. The van der Waals surface area contributed by atoms with Crippen molar-refractivity contribution in [1.29, 1.82) is 0 Å². The Balaban J connectivity index is 1.73. The van der Waals surface area contributed by atoms with E-state index in [1.165, 1.54) is 6.33 Å². The molecule has 1 fully saturated rings. The van der Waals surface area contributed by atoms with E-state index in [4.69, 9.17) is 5.73 Å². The van der Waals surface area contributed by atoms with Crippen LogP contribution in [0, 0.1) is 0 Å². The highest BCUT2D eigenvalue weighted by Gasteiger charge is 2.26. The van der Waals surface area contributed by atoms with Crippen molar-refractivity contribution in [3.05, 3.63) is 60.2 Å². The van der Waals surface area contributed by atoms with Crippen LogP contribution < -0.4 is 11.1 Å². The number of nitrogens with two attached hydrogens (primary N) is 1. The first-order chi connectivity index (χ1) is 12.7. The van der Waals surface area contributed by atoms with Crippen LogP contribution >= 0.6 is 0 Å². The Bertz CT molecular complexity index is 671. The summed E-state index contributed by atoms with van der Waals surface area (Å²) < 4.78 is 0. The van der Waals surface area contributed by atoms with Gasteiger partial charge in [-0.25, -0.2) is 9.97 Å². The number of aromatic nitrogens is 2. The van der Waals surface area contributed by atoms with E-state index in [1.54, 1.807) is 12.4 Å². The fraction of sp³-hybridized carbons (Fsp3) is 0.450. The molecule has 1 amide bonds. The van der Waals surface area contributed by atoms with Crippen molar-refractivity contribution in [1.82, 2.24) is 20.2 Å². The van der Waals surface area contributed by atoms with Gasteiger partial charge in [0.2, 0.25) is 5.91 Å². The van der Waals surface area contributed by atoms with Gasteiger partial charge in [-0.1, -0.05) is 30.3 Å². The van der Waals surface area contributed by atoms with Crippen LogP contribution in [0.15, 0.2) is 49.1 Å². The molecular weight excluding hydrogens is 326 g/mol. The smallest absolute Gasteiger partial charge is 0.225 e. The molecule has 6 nitrogen and oxygen atoms in total. The van der Waals surface area contributed by atoms with Crippen molar-refractivity contribution < 1.29 is 4.79 Å². The van der Waals surface area contributed by atoms with Crippen molar-refractivity contribution in [2.45, 2.75) is 44.3 Å². The molecule has 1 aromatic heterocycles. The van der Waals surface area contributed by atoms with Gasteiger partial charge in [0.15, 0.2) is 0 Å². The standard InChI is InChI=1S/C20H27N5O/c21-19(17-5-2-1-3-6-17)11-20(26)25(14-16-12-23-15-24-13-16)18-7-4-9-22-10-8-18/h1-3,5-6,12-13,15,18-19,22H,4,7-11,14,21H2. The van der Waals surface area contributed by atoms with E-state index in [-0.39, 0.29) is 18.0 Å². The second kappa shape index (κ2) is 9.40. The van der Waals surface area contributed by atoms with E-state index in [2.05, 4.69) is 15.3 Å². The molecule has 2 heterocycles. The van der Waals surface area contributed by atoms with E-state index < -0.39 is 0 Å². The van der Waals surface area contributed by atoms with Crippen LogP contribution in [-0.2, 0) is 11.3 Å². The van der Waals surface area contributed by atoms with Crippen molar-refractivity contribution in [2.24, 2.45) is 5.73 Å². The predicted molar refractivity (Wildman–Crippen MR) is 101 cm³/mol. The molecule has 138 valence electrons. The lowest BCUT2D eigenvalue weighted by atomic mass is 10.0. The Morgan fingerprint density at radius 1 is 1.19 bits per heavy atom. The van der Waals surface area contributed by atoms with E-state index in [0.29, 0.717) is 13.0 Å². The monoisotopic (exact) mass is 353 g/mol. The Hall–Kier alpha value is -2.31. The number of carbonyl (C=O) groups is 1. The number of carbonyl (C=O) groups excluding carboxylic acids is 1. The summed E-state index contributed by atoms with van der Waals surface area (Å²) in [5.41, 5.74) is 8.25. The summed E-state index contributed by atoms with van der Waals surface area (Å²) in [6.45, 7) is 2.48. The molecule has 0 radical (unpaired) electrons. The summed E-state index contributed by atoms with van der Waals surface area (Å²) in [6, 6.07) is 9.75. The molecule has 1 aliphatic heterocycles. The zero-order chi connectivity index (χ0) is 18.2. The molecule has 0 saturated carbocycles. The van der Waals surface area contributed by atoms with Gasteiger partial charge in [0.05, 0.1) is 0 Å². The average molecular weight is 353 g/mol. The van der Waals surface area contributed by atoms with E-state index in [1.807, 2.05) is 35.2 Å². The van der Waals surface area contributed by atoms with Gasteiger partial charge in [0.25, 0.3) is 0 Å². The van der Waals surface area contributed by atoms with Gasteiger partial charge < -0.3 is 16.0 Å². The summed E-state index contributed by atoms with van der Waals surface area (Å²) in [6.07, 6.45) is 8.41. The molecule has 2 aromatic rings. The van der Waals surface area contributed by atoms with Crippen LogP contribution in [0.1, 0.15) is 42.9 Å². The maximum Gasteiger partial charge on any atom is 0.225 e. The minimum absolute atomic E-state index is 0.0945. The molecule has 1 aromatic carbocycles. The maximum atomic E-state index is 13.1. The van der Waals surface area contributed by atoms with Crippen molar-refractivity contribution in [3.8, 4) is 0 Å². The first kappa shape index (κ1) is 18.5. The number of hydrogen-bond donors (Lipinski definition) is 2. The summed E-state index contributed by atoms with van der Waals surface area (Å²) in [5.74, 6) is 0.0945. The molecule has 0 aliphatic carbocycles. The maximum absolute atomic E-state index is 13.1. The third-order valence-corrected chi connectivity index (χ3v) is 4.90. The van der Waals surface area contributed by atoms with E-state index >= 15 is 0 Å². The van der Waals surface area contributed by atoms with Gasteiger partial charge in [-0.3, -0.25) is 4.79 Å². The molecule has 0 spiro atoms. The normalized spacial score (nSPS) is 18.7. The van der Waals surface area contributed by atoms with Gasteiger partial charge >= 0.3 is 0 Å². The van der Waals surface area contributed by atoms with Crippen LogP contribution in [-0.4, -0.2) is 39.9 Å². The van der Waals surface area contributed by atoms with Gasteiger partial charge in [-0.2, -0.15) is 0 Å². The fourth-order valence-electron chi connectivity index (χ4n) is 3.47. The molecule has 1 saturated heterocycles. The molecule has 0 bridgehead atoms. The van der Waals surface area contributed by atoms with Crippen LogP contribution in [0.2, 0.25) is 0 Å². The van der Waals surface area contributed by atoms with Gasteiger partial charge in [-0.05, 0) is 37.9 Å². The number of benzene rings is 1. The van der Waals surface area contributed by atoms with Crippen molar-refractivity contribution >= 4 is 5.91 Å². The fourth-order valence-corrected chi connectivity index (χ4v) is 3.47. The first-order valence-corrected chi connectivity index (χ1v) is 9.28. The summed E-state index contributed by atoms with van der Waals surface area (Å²) in [7, 11) is 0.